The molecule has 2 aromatic heterocycles. The number of carbonyl (C=O) groups excluding carboxylic acids is 1. The summed E-state index contributed by atoms with van der Waals surface area (Å²) >= 11 is 0. The van der Waals surface area contributed by atoms with Crippen molar-refractivity contribution >= 4 is 17.0 Å². The Morgan fingerprint density at radius 2 is 1.96 bits per heavy atom. The van der Waals surface area contributed by atoms with E-state index in [0.717, 1.165) is 29.5 Å². The van der Waals surface area contributed by atoms with Gasteiger partial charge in [0.2, 0.25) is 0 Å². The SMILES string of the molecule is Cc1noc2nc(C(=O)N3CCC(c4ccccc4F)CC3)ccc12. The van der Waals surface area contributed by atoms with Crippen LogP contribution in [0.1, 0.15) is 40.5 Å². The summed E-state index contributed by atoms with van der Waals surface area (Å²) in [5.41, 5.74) is 2.23. The molecule has 0 unspecified atom stereocenters. The quantitative estimate of drug-likeness (QED) is 0.714. The van der Waals surface area contributed by atoms with Gasteiger partial charge in [0, 0.05) is 13.1 Å². The van der Waals surface area contributed by atoms with Crippen LogP contribution >= 0.6 is 0 Å². The number of likely N-dealkylation sites (tertiary alicyclic amines) is 1. The summed E-state index contributed by atoms with van der Waals surface area (Å²) in [5, 5.41) is 4.68. The van der Waals surface area contributed by atoms with E-state index in [1.54, 1.807) is 17.0 Å². The number of piperidine rings is 1. The third-order valence-corrected chi connectivity index (χ3v) is 4.87. The van der Waals surface area contributed by atoms with Crippen molar-refractivity contribution in [2.75, 3.05) is 13.1 Å². The second-order valence-electron chi connectivity index (χ2n) is 6.41. The normalized spacial score (nSPS) is 15.7. The Hall–Kier alpha value is -2.76. The minimum absolute atomic E-state index is 0.122. The van der Waals surface area contributed by atoms with E-state index >= 15 is 0 Å². The predicted octanol–water partition coefficient (Wildman–Crippen LogP) is 3.69. The number of amides is 1. The molecule has 1 fully saturated rings. The van der Waals surface area contributed by atoms with Gasteiger partial charge < -0.3 is 9.42 Å². The molecule has 1 amide bonds. The number of rotatable bonds is 2. The molecule has 3 heterocycles. The molecule has 3 aromatic rings. The maximum Gasteiger partial charge on any atom is 0.272 e. The van der Waals surface area contributed by atoms with Crippen LogP contribution in [0.4, 0.5) is 4.39 Å². The number of fused-ring (bicyclic) bond motifs is 1. The molecule has 0 bridgehead atoms. The monoisotopic (exact) mass is 339 g/mol. The summed E-state index contributed by atoms with van der Waals surface area (Å²) in [6, 6.07) is 10.4. The van der Waals surface area contributed by atoms with Crippen LogP contribution in [-0.2, 0) is 0 Å². The molecule has 5 nitrogen and oxygen atoms in total. The predicted molar refractivity (Wildman–Crippen MR) is 90.8 cm³/mol. The Morgan fingerprint density at radius 3 is 2.72 bits per heavy atom. The fraction of sp³-hybridized carbons (Fsp3) is 0.316. The number of carbonyl (C=O) groups is 1. The Kier molecular flexibility index (Phi) is 3.95. The summed E-state index contributed by atoms with van der Waals surface area (Å²) in [4.78, 5) is 18.7. The van der Waals surface area contributed by atoms with Crippen LogP contribution in [0.2, 0.25) is 0 Å². The summed E-state index contributed by atoms with van der Waals surface area (Å²) in [6.45, 7) is 3.02. The zero-order valence-electron chi connectivity index (χ0n) is 13.9. The van der Waals surface area contributed by atoms with Gasteiger partial charge >= 0.3 is 0 Å². The van der Waals surface area contributed by atoms with Crippen molar-refractivity contribution in [2.24, 2.45) is 0 Å². The fourth-order valence-electron chi connectivity index (χ4n) is 3.43. The van der Waals surface area contributed by atoms with E-state index in [-0.39, 0.29) is 17.6 Å². The highest BCUT2D eigenvalue weighted by molar-refractivity contribution is 5.94. The van der Waals surface area contributed by atoms with Crippen molar-refractivity contribution in [2.45, 2.75) is 25.7 Å². The first kappa shape index (κ1) is 15.7. The van der Waals surface area contributed by atoms with E-state index in [4.69, 9.17) is 4.52 Å². The van der Waals surface area contributed by atoms with E-state index in [9.17, 15) is 9.18 Å². The van der Waals surface area contributed by atoms with Crippen molar-refractivity contribution in [1.29, 1.82) is 0 Å². The number of hydrogen-bond acceptors (Lipinski definition) is 4. The first-order valence-corrected chi connectivity index (χ1v) is 8.40. The minimum Gasteiger partial charge on any atom is -0.337 e. The number of aryl methyl sites for hydroxylation is 1. The molecule has 1 aliphatic heterocycles. The average molecular weight is 339 g/mol. The molecule has 4 rings (SSSR count). The van der Waals surface area contributed by atoms with E-state index in [1.807, 2.05) is 25.1 Å². The molecule has 0 N–H and O–H groups in total. The lowest BCUT2D eigenvalue weighted by Crippen LogP contribution is -2.38. The summed E-state index contributed by atoms with van der Waals surface area (Å²) < 4.78 is 19.1. The van der Waals surface area contributed by atoms with Gasteiger partial charge in [-0.1, -0.05) is 23.4 Å². The van der Waals surface area contributed by atoms with Gasteiger partial charge in [0.15, 0.2) is 0 Å². The third-order valence-electron chi connectivity index (χ3n) is 4.87. The lowest BCUT2D eigenvalue weighted by molar-refractivity contribution is 0.0706. The zero-order chi connectivity index (χ0) is 17.4. The molecule has 1 saturated heterocycles. The smallest absolute Gasteiger partial charge is 0.272 e. The molecule has 1 aromatic carbocycles. The molecular weight excluding hydrogens is 321 g/mol. The van der Waals surface area contributed by atoms with Crippen molar-refractivity contribution in [3.63, 3.8) is 0 Å². The van der Waals surface area contributed by atoms with Gasteiger partial charge in [-0.05, 0) is 49.4 Å². The van der Waals surface area contributed by atoms with E-state index in [2.05, 4.69) is 10.1 Å². The number of halogens is 1. The highest BCUT2D eigenvalue weighted by atomic mass is 19.1. The Labute approximate surface area is 144 Å². The maximum absolute atomic E-state index is 13.9. The first-order chi connectivity index (χ1) is 12.1. The molecular formula is C19H18FN3O2. The van der Waals surface area contributed by atoms with Crippen LogP contribution in [-0.4, -0.2) is 34.0 Å². The highest BCUT2D eigenvalue weighted by Crippen LogP contribution is 2.30. The van der Waals surface area contributed by atoms with E-state index in [1.165, 1.54) is 6.07 Å². The standard InChI is InChI=1S/C19H18FN3O2/c1-12-14-6-7-17(21-18(14)25-22-12)19(24)23-10-8-13(9-11-23)15-4-2-3-5-16(15)20/h2-7,13H,8-11H2,1H3. The Morgan fingerprint density at radius 1 is 1.20 bits per heavy atom. The molecule has 0 radical (unpaired) electrons. The zero-order valence-corrected chi connectivity index (χ0v) is 13.9. The van der Waals surface area contributed by atoms with Crippen LogP contribution in [0.25, 0.3) is 11.1 Å². The molecule has 128 valence electrons. The van der Waals surface area contributed by atoms with Crippen molar-refractivity contribution < 1.29 is 13.7 Å². The summed E-state index contributed by atoms with van der Waals surface area (Å²) in [6.07, 6.45) is 1.49. The second kappa shape index (κ2) is 6.27. The lowest BCUT2D eigenvalue weighted by atomic mass is 9.89. The number of aromatic nitrogens is 2. The molecule has 0 saturated carbocycles. The summed E-state index contributed by atoms with van der Waals surface area (Å²) in [7, 11) is 0. The molecule has 25 heavy (non-hydrogen) atoms. The molecule has 0 atom stereocenters. The molecule has 6 heteroatoms. The first-order valence-electron chi connectivity index (χ1n) is 8.40. The van der Waals surface area contributed by atoms with E-state index < -0.39 is 0 Å². The van der Waals surface area contributed by atoms with Gasteiger partial charge in [-0.25, -0.2) is 9.37 Å². The Balaban J connectivity index is 1.48. The van der Waals surface area contributed by atoms with Crippen molar-refractivity contribution in [3.8, 4) is 0 Å². The number of benzene rings is 1. The highest BCUT2D eigenvalue weighted by Gasteiger charge is 2.27. The van der Waals surface area contributed by atoms with Crippen LogP contribution in [0.5, 0.6) is 0 Å². The topological polar surface area (TPSA) is 59.2 Å². The van der Waals surface area contributed by atoms with Gasteiger partial charge in [0.1, 0.15) is 11.5 Å². The van der Waals surface area contributed by atoms with Crippen molar-refractivity contribution in [3.05, 3.63) is 59.2 Å². The average Bonchev–Trinajstić information content (AvgIpc) is 3.02. The van der Waals surface area contributed by atoms with Gasteiger partial charge in [0.25, 0.3) is 11.6 Å². The van der Waals surface area contributed by atoms with Crippen LogP contribution in [0, 0.1) is 12.7 Å². The Bertz CT molecular complexity index is 929. The van der Waals surface area contributed by atoms with Gasteiger partial charge in [-0.2, -0.15) is 0 Å². The number of nitrogens with zero attached hydrogens (tertiary/aromatic N) is 3. The molecule has 0 spiro atoms. The van der Waals surface area contributed by atoms with Gasteiger partial charge in [-0.15, -0.1) is 0 Å². The third kappa shape index (κ3) is 2.88. The van der Waals surface area contributed by atoms with E-state index in [0.29, 0.717) is 24.5 Å². The largest absolute Gasteiger partial charge is 0.337 e. The summed E-state index contributed by atoms with van der Waals surface area (Å²) in [5.74, 6) is -0.138. The van der Waals surface area contributed by atoms with Crippen LogP contribution in [0.3, 0.4) is 0 Å². The van der Waals surface area contributed by atoms with Gasteiger partial charge in [0.05, 0.1) is 11.1 Å². The van der Waals surface area contributed by atoms with Gasteiger partial charge in [-0.3, -0.25) is 4.79 Å². The number of hydrogen-bond donors (Lipinski definition) is 0. The second-order valence-corrected chi connectivity index (χ2v) is 6.41. The fourth-order valence-corrected chi connectivity index (χ4v) is 3.43. The van der Waals surface area contributed by atoms with Crippen LogP contribution < -0.4 is 0 Å². The van der Waals surface area contributed by atoms with Crippen molar-refractivity contribution in [1.82, 2.24) is 15.0 Å². The minimum atomic E-state index is -0.167. The lowest BCUT2D eigenvalue weighted by Gasteiger charge is -2.32. The molecule has 0 aliphatic carbocycles. The number of pyridine rings is 1. The molecule has 1 aliphatic rings. The van der Waals surface area contributed by atoms with Crippen LogP contribution in [0.15, 0.2) is 40.9 Å². The maximum atomic E-state index is 13.9.